The van der Waals surface area contributed by atoms with Crippen LogP contribution in [0.5, 0.6) is 0 Å². The minimum absolute atomic E-state index is 0.00164. The highest BCUT2D eigenvalue weighted by molar-refractivity contribution is 5.14. The average Bonchev–Trinajstić information content (AvgIpc) is 3.33. The lowest BCUT2D eigenvalue weighted by molar-refractivity contribution is 0.160. The molecule has 0 amide bonds. The molecule has 24 heavy (non-hydrogen) atoms. The van der Waals surface area contributed by atoms with Gasteiger partial charge in [-0.2, -0.15) is 5.10 Å². The van der Waals surface area contributed by atoms with Crippen LogP contribution in [0.25, 0.3) is 0 Å². The van der Waals surface area contributed by atoms with Gasteiger partial charge in [0.1, 0.15) is 5.76 Å². The number of likely N-dealkylation sites (tertiary alicyclic amines) is 1. The van der Waals surface area contributed by atoms with Crippen LogP contribution in [0.3, 0.4) is 0 Å². The first-order valence-electron chi connectivity index (χ1n) is 8.90. The molecule has 0 aromatic carbocycles. The highest BCUT2D eigenvalue weighted by atomic mass is 16.5. The van der Waals surface area contributed by atoms with Crippen LogP contribution in [0.15, 0.2) is 27.5 Å². The van der Waals surface area contributed by atoms with Gasteiger partial charge in [0.05, 0.1) is 11.4 Å². The Morgan fingerprint density at radius 3 is 2.75 bits per heavy atom. The van der Waals surface area contributed by atoms with Gasteiger partial charge in [-0.1, -0.05) is 5.16 Å². The molecule has 2 aromatic rings. The Morgan fingerprint density at radius 1 is 1.21 bits per heavy atom. The Balaban J connectivity index is 1.29. The second-order valence-corrected chi connectivity index (χ2v) is 7.21. The maximum Gasteiger partial charge on any atom is 0.266 e. The van der Waals surface area contributed by atoms with Gasteiger partial charge in [0, 0.05) is 31.1 Å². The van der Waals surface area contributed by atoms with Crippen LogP contribution in [-0.4, -0.2) is 32.9 Å². The van der Waals surface area contributed by atoms with Gasteiger partial charge in [-0.05, 0) is 57.7 Å². The Hall–Kier alpha value is -1.95. The normalized spacial score (nSPS) is 19.7. The zero-order chi connectivity index (χ0) is 16.5. The Morgan fingerprint density at radius 2 is 2.00 bits per heavy atom. The summed E-state index contributed by atoms with van der Waals surface area (Å²) in [5, 5.41) is 8.55. The number of rotatable bonds is 5. The SMILES string of the molecule is Cc1ccc(=O)n(CC2CCN(Cc3cc(C4CC4)on3)CC2)n1. The summed E-state index contributed by atoms with van der Waals surface area (Å²) in [6.45, 7) is 5.59. The summed E-state index contributed by atoms with van der Waals surface area (Å²) < 4.78 is 7.05. The Kier molecular flexibility index (Phi) is 4.22. The molecule has 0 spiro atoms. The Bertz CT molecular complexity index is 754. The van der Waals surface area contributed by atoms with Crippen LogP contribution in [0, 0.1) is 12.8 Å². The average molecular weight is 328 g/mol. The second kappa shape index (κ2) is 6.51. The first-order chi connectivity index (χ1) is 11.7. The first kappa shape index (κ1) is 15.6. The van der Waals surface area contributed by atoms with Crippen molar-refractivity contribution in [2.75, 3.05) is 13.1 Å². The number of piperidine rings is 1. The van der Waals surface area contributed by atoms with E-state index in [1.165, 1.54) is 12.8 Å². The molecule has 0 N–H and O–H groups in total. The van der Waals surface area contributed by atoms with Crippen molar-refractivity contribution in [3.05, 3.63) is 45.7 Å². The van der Waals surface area contributed by atoms with Crippen molar-refractivity contribution >= 4 is 0 Å². The van der Waals surface area contributed by atoms with Gasteiger partial charge in [-0.3, -0.25) is 9.69 Å². The molecule has 1 saturated carbocycles. The summed E-state index contributed by atoms with van der Waals surface area (Å²) in [6, 6.07) is 5.51. The third kappa shape index (κ3) is 3.59. The van der Waals surface area contributed by atoms with Crippen molar-refractivity contribution in [1.82, 2.24) is 19.8 Å². The van der Waals surface area contributed by atoms with E-state index in [4.69, 9.17) is 4.52 Å². The van der Waals surface area contributed by atoms with Crippen LogP contribution < -0.4 is 5.56 Å². The zero-order valence-electron chi connectivity index (χ0n) is 14.1. The molecule has 0 atom stereocenters. The zero-order valence-corrected chi connectivity index (χ0v) is 14.1. The van der Waals surface area contributed by atoms with E-state index in [9.17, 15) is 4.79 Å². The first-order valence-corrected chi connectivity index (χ1v) is 8.90. The van der Waals surface area contributed by atoms with E-state index in [1.54, 1.807) is 16.8 Å². The molecule has 4 rings (SSSR count). The Labute approximate surface area is 141 Å². The van der Waals surface area contributed by atoms with Crippen molar-refractivity contribution in [1.29, 1.82) is 0 Å². The summed E-state index contributed by atoms with van der Waals surface area (Å²) in [6.07, 6.45) is 4.67. The number of hydrogen-bond donors (Lipinski definition) is 0. The van der Waals surface area contributed by atoms with E-state index in [2.05, 4.69) is 21.2 Å². The van der Waals surface area contributed by atoms with Crippen LogP contribution in [0.2, 0.25) is 0 Å². The maximum absolute atomic E-state index is 11.9. The molecule has 0 bridgehead atoms. The van der Waals surface area contributed by atoms with Gasteiger partial charge in [0.2, 0.25) is 0 Å². The van der Waals surface area contributed by atoms with E-state index < -0.39 is 0 Å². The molecule has 3 heterocycles. The highest BCUT2D eigenvalue weighted by Gasteiger charge is 2.28. The fourth-order valence-corrected chi connectivity index (χ4v) is 3.45. The molecular weight excluding hydrogens is 304 g/mol. The molecule has 128 valence electrons. The molecular formula is C18H24N4O2. The summed E-state index contributed by atoms with van der Waals surface area (Å²) in [4.78, 5) is 14.3. The third-order valence-electron chi connectivity index (χ3n) is 5.08. The molecule has 2 aromatic heterocycles. The smallest absolute Gasteiger partial charge is 0.266 e. The van der Waals surface area contributed by atoms with Crippen molar-refractivity contribution in [2.24, 2.45) is 5.92 Å². The quantitative estimate of drug-likeness (QED) is 0.843. The predicted molar refractivity (Wildman–Crippen MR) is 89.7 cm³/mol. The minimum Gasteiger partial charge on any atom is -0.361 e. The second-order valence-electron chi connectivity index (χ2n) is 7.21. The van der Waals surface area contributed by atoms with Gasteiger partial charge >= 0.3 is 0 Å². The lowest BCUT2D eigenvalue weighted by atomic mass is 9.96. The van der Waals surface area contributed by atoms with Gasteiger partial charge in [0.25, 0.3) is 5.56 Å². The molecule has 2 aliphatic rings. The molecule has 6 heteroatoms. The summed E-state index contributed by atoms with van der Waals surface area (Å²) in [7, 11) is 0. The van der Waals surface area contributed by atoms with Gasteiger partial charge in [-0.15, -0.1) is 0 Å². The van der Waals surface area contributed by atoms with Gasteiger partial charge in [0.15, 0.2) is 0 Å². The number of hydrogen-bond acceptors (Lipinski definition) is 5. The standard InChI is InChI=1S/C18H24N4O2/c1-13-2-5-18(23)22(19-13)11-14-6-8-21(9-7-14)12-16-10-17(24-20-16)15-3-4-15/h2,5,10,14-15H,3-4,6-9,11-12H2,1H3. The summed E-state index contributed by atoms with van der Waals surface area (Å²) >= 11 is 0. The van der Waals surface area contributed by atoms with Gasteiger partial charge in [-0.25, -0.2) is 4.68 Å². The molecule has 1 aliphatic carbocycles. The van der Waals surface area contributed by atoms with E-state index >= 15 is 0 Å². The van der Waals surface area contributed by atoms with Gasteiger partial charge < -0.3 is 4.52 Å². The summed E-state index contributed by atoms with van der Waals surface area (Å²) in [5.41, 5.74) is 1.94. The van der Waals surface area contributed by atoms with E-state index in [0.29, 0.717) is 11.8 Å². The van der Waals surface area contributed by atoms with E-state index in [0.717, 1.165) is 56.2 Å². The minimum atomic E-state index is -0.00164. The lowest BCUT2D eigenvalue weighted by Gasteiger charge is -2.31. The molecule has 0 radical (unpaired) electrons. The van der Waals surface area contributed by atoms with E-state index in [-0.39, 0.29) is 5.56 Å². The fraction of sp³-hybridized carbons (Fsp3) is 0.611. The number of aryl methyl sites for hydroxylation is 1. The summed E-state index contributed by atoms with van der Waals surface area (Å²) in [5.74, 6) is 2.20. The third-order valence-corrected chi connectivity index (χ3v) is 5.08. The molecule has 0 unspecified atom stereocenters. The van der Waals surface area contributed by atoms with Crippen molar-refractivity contribution in [3.63, 3.8) is 0 Å². The number of aromatic nitrogens is 3. The van der Waals surface area contributed by atoms with Crippen molar-refractivity contribution in [3.8, 4) is 0 Å². The largest absolute Gasteiger partial charge is 0.361 e. The van der Waals surface area contributed by atoms with Crippen molar-refractivity contribution in [2.45, 2.75) is 51.6 Å². The van der Waals surface area contributed by atoms with Crippen LogP contribution in [0.4, 0.5) is 0 Å². The van der Waals surface area contributed by atoms with Crippen LogP contribution >= 0.6 is 0 Å². The maximum atomic E-state index is 11.9. The highest BCUT2D eigenvalue weighted by Crippen LogP contribution is 2.40. The van der Waals surface area contributed by atoms with Crippen LogP contribution in [-0.2, 0) is 13.1 Å². The number of nitrogens with zero attached hydrogens (tertiary/aromatic N) is 4. The molecule has 6 nitrogen and oxygen atoms in total. The fourth-order valence-electron chi connectivity index (χ4n) is 3.45. The van der Waals surface area contributed by atoms with E-state index in [1.807, 2.05) is 6.92 Å². The molecule has 1 aliphatic heterocycles. The van der Waals surface area contributed by atoms with Crippen molar-refractivity contribution < 1.29 is 4.52 Å². The molecule has 2 fully saturated rings. The molecule has 1 saturated heterocycles. The topological polar surface area (TPSA) is 64.2 Å². The lowest BCUT2D eigenvalue weighted by Crippen LogP contribution is -2.36. The monoisotopic (exact) mass is 328 g/mol. The predicted octanol–water partition coefficient (Wildman–Crippen LogP) is 2.33. The van der Waals surface area contributed by atoms with Crippen LogP contribution in [0.1, 0.15) is 48.7 Å².